The maximum atomic E-state index is 11.9. The number of rotatable bonds is 3. The van der Waals surface area contributed by atoms with E-state index in [1.807, 2.05) is 0 Å². The molecule has 0 radical (unpaired) electrons. The van der Waals surface area contributed by atoms with Gasteiger partial charge in [-0.25, -0.2) is 0 Å². The minimum Gasteiger partial charge on any atom is -0.287 e. The van der Waals surface area contributed by atoms with Gasteiger partial charge in [-0.1, -0.05) is 6.07 Å². The summed E-state index contributed by atoms with van der Waals surface area (Å²) >= 11 is 0. The number of aromatic nitrogens is 1. The lowest BCUT2D eigenvalue weighted by atomic mass is 9.73. The average molecular weight is 227 g/mol. The topological polar surface area (TPSA) is 73.1 Å². The molecule has 0 aliphatic rings. The van der Waals surface area contributed by atoms with Crippen molar-refractivity contribution in [1.82, 2.24) is 4.98 Å². The van der Waals surface area contributed by atoms with E-state index in [2.05, 4.69) is 4.98 Å². The van der Waals surface area contributed by atoms with Crippen LogP contribution >= 0.6 is 0 Å². The van der Waals surface area contributed by atoms with Gasteiger partial charge >= 0.3 is 0 Å². The number of nitro groups is 1. The van der Waals surface area contributed by atoms with Crippen LogP contribution in [-0.4, -0.2) is 15.7 Å². The molecule has 0 bridgehead atoms. The Morgan fingerprint density at radius 2 is 1.82 bits per heavy atom. The van der Waals surface area contributed by atoms with E-state index >= 15 is 0 Å². The number of carbonyl (C=O) groups is 1. The van der Waals surface area contributed by atoms with Gasteiger partial charge in [0.15, 0.2) is 0 Å². The number of pyridine rings is 1. The van der Waals surface area contributed by atoms with Gasteiger partial charge < -0.3 is 0 Å². The number of nitrogens with zero attached hydrogens (tertiary/aromatic N) is 2. The third-order valence-electron chi connectivity index (χ3n) is 2.24. The molecule has 17 heavy (non-hydrogen) atoms. The number of hydrogen-bond donors (Lipinski definition) is 0. The molecule has 0 saturated heterocycles. The first kappa shape index (κ1) is 10.9. The van der Waals surface area contributed by atoms with Crippen molar-refractivity contribution in [3.05, 3.63) is 70.0 Å². The average Bonchev–Trinajstić information content (AvgIpc) is 2.39. The van der Waals surface area contributed by atoms with Crippen LogP contribution in [0.2, 0.25) is 0 Å². The zero-order chi connectivity index (χ0) is 12.3. The van der Waals surface area contributed by atoms with Gasteiger partial charge in [0.2, 0.25) is 5.78 Å². The summed E-state index contributed by atoms with van der Waals surface area (Å²) in [5.41, 5.74) is 0.665. The number of nitro benzene ring substituents is 1. The summed E-state index contributed by atoms with van der Waals surface area (Å²) in [6, 6.07) is 10.5. The highest BCUT2D eigenvalue weighted by Crippen LogP contribution is 2.14. The summed E-state index contributed by atoms with van der Waals surface area (Å²) in [6.45, 7) is 0. The molecule has 1 aromatic heterocycles. The van der Waals surface area contributed by atoms with Crippen LogP contribution in [0.1, 0.15) is 16.1 Å². The second-order valence-corrected chi connectivity index (χ2v) is 3.35. The summed E-state index contributed by atoms with van der Waals surface area (Å²) in [6.07, 6.45) is 1.53. The number of benzene rings is 1. The van der Waals surface area contributed by atoms with Crippen LogP contribution in [-0.2, 0) is 0 Å². The molecule has 0 N–H and O–H groups in total. The summed E-state index contributed by atoms with van der Waals surface area (Å²) in [7, 11) is 0. The molecule has 0 aliphatic carbocycles. The largest absolute Gasteiger partial charge is 0.287 e. The second-order valence-electron chi connectivity index (χ2n) is 3.35. The summed E-state index contributed by atoms with van der Waals surface area (Å²) in [4.78, 5) is 25.8. The summed E-state index contributed by atoms with van der Waals surface area (Å²) in [5.74, 6) is -0.250. The predicted octanol–water partition coefficient (Wildman–Crippen LogP) is 2.22. The fraction of sp³-hybridized carbons (Fsp3) is 0. The standard InChI is InChI=1S/C12H8N2O3/c15-12(11-3-1-2-8-13-11)9-4-6-10(7-5-9)14(16)17/h1-8H/i12-1. The lowest BCUT2D eigenvalue weighted by molar-refractivity contribution is -0.384. The van der Waals surface area contributed by atoms with Crippen molar-refractivity contribution < 1.29 is 9.72 Å². The maximum absolute atomic E-state index is 11.9. The van der Waals surface area contributed by atoms with Crippen LogP contribution in [0.5, 0.6) is 0 Å². The summed E-state index contributed by atoms with van der Waals surface area (Å²) in [5, 5.41) is 10.5. The SMILES string of the molecule is O=[11C](c1ccc([N+](=O)[O-])cc1)c1ccccn1. The minimum atomic E-state index is -0.505. The zero-order valence-electron chi connectivity index (χ0n) is 8.74. The number of carbonyl (C=O) groups excluding carboxylic acids is 1. The van der Waals surface area contributed by atoms with Crippen LogP contribution in [0.3, 0.4) is 0 Å². The lowest BCUT2D eigenvalue weighted by Crippen LogP contribution is -2.03. The molecule has 0 saturated carbocycles. The molecular weight excluding hydrogens is 219 g/mol. The van der Waals surface area contributed by atoms with Gasteiger partial charge in [-0.3, -0.25) is 19.9 Å². The van der Waals surface area contributed by atoms with Gasteiger partial charge in [0.1, 0.15) is 5.69 Å². The van der Waals surface area contributed by atoms with Crippen molar-refractivity contribution in [3.8, 4) is 0 Å². The van der Waals surface area contributed by atoms with Gasteiger partial charge in [-0.15, -0.1) is 0 Å². The highest BCUT2D eigenvalue weighted by atomic mass is 16.6. The Morgan fingerprint density at radius 1 is 1.12 bits per heavy atom. The first-order chi connectivity index (χ1) is 8.18. The first-order valence-corrected chi connectivity index (χ1v) is 4.88. The first-order valence-electron chi connectivity index (χ1n) is 4.88. The molecule has 0 aliphatic heterocycles. The Hall–Kier alpha value is -2.56. The van der Waals surface area contributed by atoms with Gasteiger partial charge in [0.05, 0.1) is 4.92 Å². The van der Waals surface area contributed by atoms with Crippen LogP contribution in [0.25, 0.3) is 0 Å². The van der Waals surface area contributed by atoms with E-state index in [0.717, 1.165) is 0 Å². The van der Waals surface area contributed by atoms with Crippen molar-refractivity contribution in [2.75, 3.05) is 0 Å². The van der Waals surface area contributed by atoms with Crippen molar-refractivity contribution >= 4 is 11.5 Å². The Kier molecular flexibility index (Phi) is 2.91. The molecule has 0 fully saturated rings. The molecule has 84 valence electrons. The monoisotopic (exact) mass is 227 g/mol. The van der Waals surface area contributed by atoms with Crippen LogP contribution in [0, 0.1) is 10.1 Å². The predicted molar refractivity (Wildman–Crippen MR) is 60.8 cm³/mol. The number of hydrogen-bond acceptors (Lipinski definition) is 4. The van der Waals surface area contributed by atoms with Crippen molar-refractivity contribution in [2.24, 2.45) is 0 Å². The highest BCUT2D eigenvalue weighted by Gasteiger charge is 2.11. The molecule has 0 unspecified atom stereocenters. The van der Waals surface area contributed by atoms with Crippen LogP contribution in [0.15, 0.2) is 48.7 Å². The molecule has 2 rings (SSSR count). The fourth-order valence-corrected chi connectivity index (χ4v) is 1.38. The van der Waals surface area contributed by atoms with Crippen LogP contribution in [0.4, 0.5) is 5.69 Å². The van der Waals surface area contributed by atoms with Gasteiger partial charge in [0, 0.05) is 23.9 Å². The van der Waals surface area contributed by atoms with Crippen LogP contribution < -0.4 is 0 Å². The normalized spacial score (nSPS) is 9.88. The zero-order valence-corrected chi connectivity index (χ0v) is 8.74. The van der Waals surface area contributed by atoms with E-state index in [4.69, 9.17) is 0 Å². The van der Waals surface area contributed by atoms with Crippen molar-refractivity contribution in [1.29, 1.82) is 0 Å². The number of non-ortho nitro benzene ring substituents is 1. The molecular formula is C12H8N2O3. The summed E-state index contributed by atoms with van der Waals surface area (Å²) < 4.78 is 0. The second kappa shape index (κ2) is 4.52. The van der Waals surface area contributed by atoms with E-state index in [1.165, 1.54) is 30.5 Å². The van der Waals surface area contributed by atoms with E-state index in [1.54, 1.807) is 18.2 Å². The Balaban J connectivity index is 2.30. The van der Waals surface area contributed by atoms with E-state index in [9.17, 15) is 14.9 Å². The van der Waals surface area contributed by atoms with Gasteiger partial charge in [0.25, 0.3) is 5.69 Å². The Labute approximate surface area is 96.9 Å². The quantitative estimate of drug-likeness (QED) is 0.457. The highest BCUT2D eigenvalue weighted by molar-refractivity contribution is 6.07. The fourth-order valence-electron chi connectivity index (χ4n) is 1.38. The molecule has 2 aromatic rings. The molecule has 5 heteroatoms. The van der Waals surface area contributed by atoms with E-state index in [-0.39, 0.29) is 11.5 Å². The smallest absolute Gasteiger partial charge is 0.269 e. The van der Waals surface area contributed by atoms with E-state index in [0.29, 0.717) is 11.3 Å². The maximum Gasteiger partial charge on any atom is 0.269 e. The minimum absolute atomic E-state index is 0.0393. The Morgan fingerprint density at radius 3 is 2.35 bits per heavy atom. The Bertz CT molecular complexity index is 550. The molecule has 0 atom stereocenters. The van der Waals surface area contributed by atoms with Crippen molar-refractivity contribution in [2.45, 2.75) is 0 Å². The van der Waals surface area contributed by atoms with Gasteiger partial charge in [-0.05, 0) is 24.3 Å². The third kappa shape index (κ3) is 2.34. The van der Waals surface area contributed by atoms with Gasteiger partial charge in [-0.2, -0.15) is 0 Å². The molecule has 0 spiro atoms. The number of ketones is 1. The molecule has 0 amide bonds. The van der Waals surface area contributed by atoms with E-state index < -0.39 is 4.92 Å². The molecule has 5 nitrogen and oxygen atoms in total. The van der Waals surface area contributed by atoms with Crippen molar-refractivity contribution in [3.63, 3.8) is 0 Å². The lowest BCUT2D eigenvalue weighted by Gasteiger charge is -1.99. The molecule has 1 aromatic carbocycles. The molecule has 1 heterocycles. The third-order valence-corrected chi connectivity index (χ3v) is 2.24.